The zero-order valence-corrected chi connectivity index (χ0v) is 17.5. The largest absolute Gasteiger partial charge is 0.506 e. The van der Waals surface area contributed by atoms with E-state index in [4.69, 9.17) is 17.3 Å². The Kier molecular flexibility index (Phi) is 6.69. The van der Waals surface area contributed by atoms with E-state index < -0.39 is 17.8 Å². The van der Waals surface area contributed by atoms with Crippen LogP contribution in [0.5, 0.6) is 5.75 Å². The lowest BCUT2D eigenvalue weighted by molar-refractivity contribution is -0.141. The molecule has 2 aromatic carbocycles. The van der Waals surface area contributed by atoms with Gasteiger partial charge in [0, 0.05) is 22.5 Å². The van der Waals surface area contributed by atoms with Crippen LogP contribution in [0.25, 0.3) is 0 Å². The van der Waals surface area contributed by atoms with Crippen molar-refractivity contribution < 1.29 is 23.1 Å². The maximum absolute atomic E-state index is 12.9. The zero-order valence-electron chi connectivity index (χ0n) is 16.7. The van der Waals surface area contributed by atoms with Crippen LogP contribution in [0.4, 0.5) is 30.2 Å². The van der Waals surface area contributed by atoms with Crippen LogP contribution in [-0.2, 0) is 12.6 Å². The van der Waals surface area contributed by atoms with E-state index in [-0.39, 0.29) is 34.8 Å². The number of pyridine rings is 1. The molecule has 0 unspecified atom stereocenters. The monoisotopic (exact) mass is 462 g/mol. The Bertz CT molecular complexity index is 1180. The molecule has 0 saturated heterocycles. The summed E-state index contributed by atoms with van der Waals surface area (Å²) in [5, 5.41) is 12.8. The Morgan fingerprint density at radius 3 is 2.66 bits per heavy atom. The topological polar surface area (TPSA) is 101 Å². The third-order valence-electron chi connectivity index (χ3n) is 4.48. The van der Waals surface area contributed by atoms with Crippen LogP contribution in [0.1, 0.15) is 34.2 Å². The predicted molar refractivity (Wildman–Crippen MR) is 118 cm³/mol. The number of anilines is 2. The maximum atomic E-state index is 12.9. The summed E-state index contributed by atoms with van der Waals surface area (Å²) in [5.41, 5.74) is 6.02. The van der Waals surface area contributed by atoms with Crippen LogP contribution in [0.3, 0.4) is 0 Å². The van der Waals surface area contributed by atoms with E-state index in [0.717, 1.165) is 12.1 Å². The minimum atomic E-state index is -4.60. The number of carbonyl (C=O) groups excluding carboxylic acids is 1. The molecule has 0 aliphatic heterocycles. The number of phenolic OH excluding ortho intramolecular Hbond substituents is 1. The second kappa shape index (κ2) is 9.27. The van der Waals surface area contributed by atoms with E-state index >= 15 is 0 Å². The van der Waals surface area contributed by atoms with E-state index in [2.05, 4.69) is 15.3 Å². The van der Waals surface area contributed by atoms with Gasteiger partial charge in [-0.3, -0.25) is 9.79 Å². The third-order valence-corrected chi connectivity index (χ3v) is 4.82. The van der Waals surface area contributed by atoms with Crippen molar-refractivity contribution in [3.8, 4) is 5.75 Å². The summed E-state index contributed by atoms with van der Waals surface area (Å²) in [4.78, 5) is 20.4. The molecule has 1 amide bonds. The highest BCUT2D eigenvalue weighted by Crippen LogP contribution is 2.32. The fourth-order valence-corrected chi connectivity index (χ4v) is 3.04. The molecule has 0 spiro atoms. The van der Waals surface area contributed by atoms with Gasteiger partial charge in [0.2, 0.25) is 0 Å². The van der Waals surface area contributed by atoms with Crippen molar-refractivity contribution in [2.75, 3.05) is 11.1 Å². The summed E-state index contributed by atoms with van der Waals surface area (Å²) in [5.74, 6) is -0.720. The minimum absolute atomic E-state index is 0.0307. The SMILES string of the molecule is CCc1nc(C(F)(F)F)ccc1C(=O)Nc1ccc(Cl)c(C=Nc2c(N)cccc2O)c1. The Labute approximate surface area is 186 Å². The van der Waals surface area contributed by atoms with E-state index in [1.54, 1.807) is 19.1 Å². The number of halogens is 4. The molecule has 32 heavy (non-hydrogen) atoms. The third kappa shape index (κ3) is 5.17. The number of phenols is 1. The Balaban J connectivity index is 1.86. The number of rotatable bonds is 5. The Morgan fingerprint density at radius 2 is 2.00 bits per heavy atom. The zero-order chi connectivity index (χ0) is 23.5. The number of benzene rings is 2. The fourth-order valence-electron chi connectivity index (χ4n) is 2.88. The van der Waals surface area contributed by atoms with Gasteiger partial charge in [-0.2, -0.15) is 13.2 Å². The lowest BCUT2D eigenvalue weighted by Crippen LogP contribution is -2.17. The van der Waals surface area contributed by atoms with E-state index in [1.165, 1.54) is 30.5 Å². The highest BCUT2D eigenvalue weighted by atomic mass is 35.5. The van der Waals surface area contributed by atoms with Gasteiger partial charge in [0.15, 0.2) is 0 Å². The predicted octanol–water partition coefficient (Wildman–Crippen LogP) is 5.61. The highest BCUT2D eigenvalue weighted by Gasteiger charge is 2.33. The number of aliphatic imine (C=N–C) groups is 1. The molecular formula is C22H18ClF3N4O2. The van der Waals surface area contributed by atoms with Crippen molar-refractivity contribution in [3.63, 3.8) is 0 Å². The Hall–Kier alpha value is -3.59. The van der Waals surface area contributed by atoms with Crippen LogP contribution < -0.4 is 11.1 Å². The second-order valence-electron chi connectivity index (χ2n) is 6.71. The van der Waals surface area contributed by atoms with E-state index in [0.29, 0.717) is 16.3 Å². The maximum Gasteiger partial charge on any atom is 0.433 e. The number of amides is 1. The average Bonchev–Trinajstić information content (AvgIpc) is 2.74. The number of aryl methyl sites for hydroxylation is 1. The first-order chi connectivity index (χ1) is 15.1. The van der Waals surface area contributed by atoms with Gasteiger partial charge in [0.25, 0.3) is 5.91 Å². The molecule has 10 heteroatoms. The molecule has 1 heterocycles. The fraction of sp³-hybridized carbons (Fsp3) is 0.136. The van der Waals surface area contributed by atoms with Gasteiger partial charge in [-0.05, 0) is 48.9 Å². The molecule has 166 valence electrons. The van der Waals surface area contributed by atoms with Crippen molar-refractivity contribution in [2.24, 2.45) is 4.99 Å². The number of para-hydroxylation sites is 1. The minimum Gasteiger partial charge on any atom is -0.506 e. The van der Waals surface area contributed by atoms with Gasteiger partial charge in [-0.25, -0.2) is 4.98 Å². The number of nitrogen functional groups attached to an aromatic ring is 1. The number of alkyl halides is 3. The van der Waals surface area contributed by atoms with Crippen molar-refractivity contribution >= 4 is 40.8 Å². The van der Waals surface area contributed by atoms with Crippen molar-refractivity contribution in [2.45, 2.75) is 19.5 Å². The quantitative estimate of drug-likeness (QED) is 0.339. The van der Waals surface area contributed by atoms with Crippen LogP contribution in [0.2, 0.25) is 5.02 Å². The second-order valence-corrected chi connectivity index (χ2v) is 7.11. The van der Waals surface area contributed by atoms with Gasteiger partial charge < -0.3 is 16.2 Å². The molecule has 0 atom stereocenters. The van der Waals surface area contributed by atoms with Crippen LogP contribution in [0, 0.1) is 0 Å². The van der Waals surface area contributed by atoms with Crippen LogP contribution >= 0.6 is 11.6 Å². The summed E-state index contributed by atoms with van der Waals surface area (Å²) in [7, 11) is 0. The number of hydrogen-bond acceptors (Lipinski definition) is 5. The number of nitrogens with one attached hydrogen (secondary N) is 1. The van der Waals surface area contributed by atoms with Crippen molar-refractivity contribution in [1.82, 2.24) is 4.98 Å². The van der Waals surface area contributed by atoms with Gasteiger partial charge >= 0.3 is 6.18 Å². The molecule has 0 aliphatic carbocycles. The summed E-state index contributed by atoms with van der Waals surface area (Å²) in [6.45, 7) is 1.61. The van der Waals surface area contributed by atoms with Gasteiger partial charge in [-0.1, -0.05) is 24.6 Å². The molecule has 0 bridgehead atoms. The van der Waals surface area contributed by atoms with Crippen molar-refractivity contribution in [3.05, 3.63) is 76.1 Å². The lowest BCUT2D eigenvalue weighted by atomic mass is 10.1. The Morgan fingerprint density at radius 1 is 1.25 bits per heavy atom. The average molecular weight is 463 g/mol. The number of aromatic hydroxyl groups is 1. The number of nitrogens with zero attached hydrogens (tertiary/aromatic N) is 2. The summed E-state index contributed by atoms with van der Waals surface area (Å²) in [6, 6.07) is 11.1. The standard InChI is InChI=1S/C22H18ClF3N4O2/c1-2-17-14(7-9-19(30-17)22(24,25)26)21(32)29-13-6-8-15(23)12(10-13)11-28-20-16(27)4-3-5-18(20)31/h3-11,31H,2,27H2,1H3,(H,29,32). The summed E-state index contributed by atoms with van der Waals surface area (Å²) < 4.78 is 38.7. The van der Waals surface area contributed by atoms with Gasteiger partial charge in [0.05, 0.1) is 16.9 Å². The number of hydrogen-bond donors (Lipinski definition) is 3. The molecular weight excluding hydrogens is 445 g/mol. The number of carbonyl (C=O) groups is 1. The summed E-state index contributed by atoms with van der Waals surface area (Å²) >= 11 is 6.19. The molecule has 0 radical (unpaired) electrons. The molecule has 0 fully saturated rings. The molecule has 3 rings (SSSR count). The molecule has 0 saturated carbocycles. The normalized spacial score (nSPS) is 11.7. The summed E-state index contributed by atoms with van der Waals surface area (Å²) in [6.07, 6.45) is -3.08. The first kappa shape index (κ1) is 23.1. The van der Waals surface area contributed by atoms with Crippen LogP contribution in [-0.4, -0.2) is 22.2 Å². The highest BCUT2D eigenvalue weighted by molar-refractivity contribution is 6.33. The molecule has 3 aromatic rings. The molecule has 6 nitrogen and oxygen atoms in total. The number of nitrogens with two attached hydrogens (primary N) is 1. The first-order valence-corrected chi connectivity index (χ1v) is 9.77. The molecule has 0 aliphatic rings. The smallest absolute Gasteiger partial charge is 0.433 e. The lowest BCUT2D eigenvalue weighted by Gasteiger charge is -2.12. The number of aromatic nitrogens is 1. The molecule has 1 aromatic heterocycles. The first-order valence-electron chi connectivity index (χ1n) is 9.39. The van der Waals surface area contributed by atoms with Crippen molar-refractivity contribution in [1.29, 1.82) is 0 Å². The molecule has 4 N–H and O–H groups in total. The van der Waals surface area contributed by atoms with Gasteiger partial charge in [-0.15, -0.1) is 0 Å². The van der Waals surface area contributed by atoms with Gasteiger partial charge in [0.1, 0.15) is 17.1 Å². The van der Waals surface area contributed by atoms with E-state index in [1.807, 2.05) is 0 Å². The van der Waals surface area contributed by atoms with E-state index in [9.17, 15) is 23.1 Å². The van der Waals surface area contributed by atoms with Crippen LogP contribution in [0.15, 0.2) is 53.5 Å².